The summed E-state index contributed by atoms with van der Waals surface area (Å²) < 4.78 is 1.98. The Balaban J connectivity index is 1.62. The number of halogens is 1. The molecule has 0 atom stereocenters. The van der Waals surface area contributed by atoms with Crippen LogP contribution in [0.4, 0.5) is 5.69 Å². The van der Waals surface area contributed by atoms with E-state index in [1.807, 2.05) is 54.8 Å². The molecular formula is C25H22ClN3O3S. The number of nitrogens with one attached hydrogen (secondary N) is 1. The van der Waals surface area contributed by atoms with Crippen molar-refractivity contribution < 1.29 is 14.7 Å². The van der Waals surface area contributed by atoms with Crippen molar-refractivity contribution in [3.63, 3.8) is 0 Å². The Bertz CT molecular complexity index is 1320. The zero-order chi connectivity index (χ0) is 23.7. The number of carbonyl (C=O) groups is 2. The first-order valence-corrected chi connectivity index (χ1v) is 11.6. The smallest absolute Gasteiger partial charge is 0.337 e. The van der Waals surface area contributed by atoms with Crippen molar-refractivity contribution in [1.29, 1.82) is 0 Å². The van der Waals surface area contributed by atoms with Gasteiger partial charge in [-0.3, -0.25) is 4.79 Å². The van der Waals surface area contributed by atoms with Crippen molar-refractivity contribution in [2.24, 2.45) is 4.99 Å². The topological polar surface area (TPSA) is 83.7 Å². The van der Waals surface area contributed by atoms with Gasteiger partial charge in [-0.1, -0.05) is 30.7 Å². The molecule has 2 N–H and O–H groups in total. The highest BCUT2D eigenvalue weighted by atomic mass is 35.5. The van der Waals surface area contributed by atoms with Crippen LogP contribution in [0.3, 0.4) is 0 Å². The van der Waals surface area contributed by atoms with E-state index in [4.69, 9.17) is 11.6 Å². The van der Waals surface area contributed by atoms with Crippen LogP contribution >= 0.6 is 23.4 Å². The molecule has 0 aliphatic carbocycles. The molecule has 4 rings (SSSR count). The third kappa shape index (κ3) is 4.74. The quantitative estimate of drug-likeness (QED) is 0.446. The molecular weight excluding hydrogens is 458 g/mol. The Hall–Kier alpha value is -3.29. The third-order valence-corrected chi connectivity index (χ3v) is 6.65. The second-order valence-corrected chi connectivity index (χ2v) is 9.07. The minimum atomic E-state index is -1.07. The number of benzene rings is 2. The van der Waals surface area contributed by atoms with Crippen LogP contribution in [0.25, 0.3) is 11.8 Å². The highest BCUT2D eigenvalue weighted by Gasteiger charge is 2.24. The van der Waals surface area contributed by atoms with E-state index in [0.29, 0.717) is 10.1 Å². The molecule has 168 valence electrons. The second-order valence-electron chi connectivity index (χ2n) is 7.63. The van der Waals surface area contributed by atoms with E-state index in [2.05, 4.69) is 17.2 Å². The van der Waals surface area contributed by atoms with Gasteiger partial charge in [-0.2, -0.15) is 0 Å². The molecule has 33 heavy (non-hydrogen) atoms. The summed E-state index contributed by atoms with van der Waals surface area (Å²) in [5, 5.41) is 12.8. The number of rotatable bonds is 5. The number of hydrogen-bond acceptors (Lipinski definition) is 4. The van der Waals surface area contributed by atoms with Gasteiger partial charge in [0.15, 0.2) is 5.17 Å². The van der Waals surface area contributed by atoms with Crippen LogP contribution in [-0.2, 0) is 11.2 Å². The number of amidine groups is 1. The number of hydrogen-bond donors (Lipinski definition) is 2. The number of amides is 1. The van der Waals surface area contributed by atoms with Gasteiger partial charge >= 0.3 is 5.97 Å². The number of aryl methyl sites for hydroxylation is 2. The molecule has 1 aromatic heterocycles. The zero-order valence-electron chi connectivity index (χ0n) is 18.3. The van der Waals surface area contributed by atoms with Crippen LogP contribution < -0.4 is 5.32 Å². The molecule has 8 heteroatoms. The van der Waals surface area contributed by atoms with Crippen LogP contribution in [0.2, 0.25) is 5.02 Å². The first kappa shape index (κ1) is 22.9. The molecule has 0 unspecified atom stereocenters. The summed E-state index contributed by atoms with van der Waals surface area (Å²) >= 11 is 7.47. The Morgan fingerprint density at radius 3 is 2.55 bits per heavy atom. The first-order chi connectivity index (χ1) is 15.8. The molecule has 6 nitrogen and oxygen atoms in total. The molecule has 3 aromatic rings. The summed E-state index contributed by atoms with van der Waals surface area (Å²) in [7, 11) is 0. The zero-order valence-corrected chi connectivity index (χ0v) is 19.9. The van der Waals surface area contributed by atoms with Crippen LogP contribution in [-0.4, -0.2) is 26.7 Å². The van der Waals surface area contributed by atoms with Gasteiger partial charge in [0.1, 0.15) is 0 Å². The lowest BCUT2D eigenvalue weighted by Gasteiger charge is -2.11. The predicted octanol–water partition coefficient (Wildman–Crippen LogP) is 5.90. The highest BCUT2D eigenvalue weighted by Crippen LogP contribution is 2.31. The van der Waals surface area contributed by atoms with E-state index >= 15 is 0 Å². The maximum atomic E-state index is 12.5. The average molecular weight is 480 g/mol. The molecule has 1 aliphatic heterocycles. The summed E-state index contributed by atoms with van der Waals surface area (Å²) in [6, 6.07) is 14.8. The number of carboxylic acid groups (broad SMARTS) is 1. The van der Waals surface area contributed by atoms with Gasteiger partial charge < -0.3 is 15.0 Å². The number of carboxylic acids is 1. The molecule has 0 bridgehead atoms. The Morgan fingerprint density at radius 1 is 1.18 bits per heavy atom. The lowest BCUT2D eigenvalue weighted by Crippen LogP contribution is -2.19. The molecule has 0 saturated carbocycles. The number of nitrogens with zero attached hydrogens (tertiary/aromatic N) is 2. The number of aromatic nitrogens is 1. The van der Waals surface area contributed by atoms with Gasteiger partial charge in [0, 0.05) is 17.1 Å². The Morgan fingerprint density at radius 2 is 1.91 bits per heavy atom. The van der Waals surface area contributed by atoms with Crippen molar-refractivity contribution in [1.82, 2.24) is 9.88 Å². The van der Waals surface area contributed by atoms with E-state index in [0.717, 1.165) is 34.7 Å². The molecule has 2 heterocycles. The van der Waals surface area contributed by atoms with Crippen LogP contribution in [0, 0.1) is 13.8 Å². The Labute approximate surface area is 201 Å². The first-order valence-electron chi connectivity index (χ1n) is 10.4. The largest absolute Gasteiger partial charge is 0.478 e. The van der Waals surface area contributed by atoms with E-state index < -0.39 is 5.97 Å². The summed E-state index contributed by atoms with van der Waals surface area (Å²) in [5.74, 6) is -1.26. The van der Waals surface area contributed by atoms with Gasteiger partial charge in [-0.25, -0.2) is 9.79 Å². The van der Waals surface area contributed by atoms with Crippen LogP contribution in [0.1, 0.15) is 39.8 Å². The van der Waals surface area contributed by atoms with Gasteiger partial charge in [0.2, 0.25) is 0 Å². The molecule has 1 amide bonds. The normalized spacial score (nSPS) is 15.9. The van der Waals surface area contributed by atoms with Crippen LogP contribution in [0.5, 0.6) is 0 Å². The van der Waals surface area contributed by atoms with Crippen molar-refractivity contribution in [2.45, 2.75) is 27.2 Å². The predicted molar refractivity (Wildman–Crippen MR) is 134 cm³/mol. The summed E-state index contributed by atoms with van der Waals surface area (Å²) in [6.07, 6.45) is 2.80. The maximum absolute atomic E-state index is 12.5. The van der Waals surface area contributed by atoms with Crippen LogP contribution in [0.15, 0.2) is 58.4 Å². The molecule has 0 spiro atoms. The summed E-state index contributed by atoms with van der Waals surface area (Å²) in [5.41, 5.74) is 5.57. The summed E-state index contributed by atoms with van der Waals surface area (Å²) in [6.45, 7) is 5.99. The van der Waals surface area contributed by atoms with Gasteiger partial charge in [0.25, 0.3) is 5.91 Å². The standard InChI is InChI=1S/C25H22ClN3O3S/c1-4-16-5-7-18(8-6-16)27-25-28-23(30)22(33-25)12-17-11-14(2)29(15(17)3)19-9-10-20(24(31)32)21(26)13-19/h5-13H,4H2,1-3H3,(H,31,32)(H,27,28,30)/b22-12-. The fourth-order valence-electron chi connectivity index (χ4n) is 3.69. The van der Waals surface area contributed by atoms with Crippen molar-refractivity contribution in [2.75, 3.05) is 0 Å². The third-order valence-electron chi connectivity index (χ3n) is 5.42. The summed E-state index contributed by atoms with van der Waals surface area (Å²) in [4.78, 5) is 28.9. The number of aliphatic imine (C=N–C) groups is 1. The van der Waals surface area contributed by atoms with Crippen molar-refractivity contribution in [3.8, 4) is 5.69 Å². The molecule has 1 aliphatic rings. The molecule has 2 aromatic carbocycles. The maximum Gasteiger partial charge on any atom is 0.337 e. The number of thioether (sulfide) groups is 1. The van der Waals surface area contributed by atoms with Gasteiger partial charge in [-0.15, -0.1) is 0 Å². The van der Waals surface area contributed by atoms with Gasteiger partial charge in [0.05, 0.1) is 21.2 Å². The second kappa shape index (κ2) is 9.29. The van der Waals surface area contributed by atoms with E-state index in [1.54, 1.807) is 12.1 Å². The lowest BCUT2D eigenvalue weighted by molar-refractivity contribution is -0.115. The molecule has 1 saturated heterocycles. The fraction of sp³-hybridized carbons (Fsp3) is 0.160. The van der Waals surface area contributed by atoms with E-state index in [-0.39, 0.29) is 16.5 Å². The molecule has 1 fully saturated rings. The fourth-order valence-corrected chi connectivity index (χ4v) is 4.78. The molecule has 0 radical (unpaired) electrons. The van der Waals surface area contributed by atoms with E-state index in [9.17, 15) is 14.7 Å². The van der Waals surface area contributed by atoms with Crippen molar-refractivity contribution in [3.05, 3.63) is 86.5 Å². The Kier molecular flexibility index (Phi) is 6.44. The lowest BCUT2D eigenvalue weighted by atomic mass is 10.2. The minimum absolute atomic E-state index is 0.0559. The average Bonchev–Trinajstić information content (AvgIpc) is 3.26. The SMILES string of the molecule is CCc1ccc(N=C2NC(=O)/C(=C/c3cc(C)n(-c4ccc(C(=O)O)c(Cl)c4)c3C)S2)cc1. The monoisotopic (exact) mass is 479 g/mol. The van der Waals surface area contributed by atoms with Crippen molar-refractivity contribution >= 4 is 52.2 Å². The number of carbonyl (C=O) groups excluding carboxylic acids is 1. The number of aromatic carboxylic acids is 1. The van der Waals surface area contributed by atoms with Gasteiger partial charge in [-0.05, 0) is 85.6 Å². The highest BCUT2D eigenvalue weighted by molar-refractivity contribution is 8.18. The van der Waals surface area contributed by atoms with E-state index in [1.165, 1.54) is 23.4 Å². The minimum Gasteiger partial charge on any atom is -0.478 e.